The van der Waals surface area contributed by atoms with Gasteiger partial charge in [-0.25, -0.2) is 0 Å². The third-order valence-electron chi connectivity index (χ3n) is 5.16. The molecular weight excluding hydrogens is 332 g/mol. The van der Waals surface area contributed by atoms with Crippen LogP contribution >= 0.6 is 0 Å². The molecule has 2 N–H and O–H groups in total. The standard InChI is InChI=1S/C20H18N2O4/c1-24-20(23)13-9-21-18(11-6-7-15-16(8-11)26-10-25-15)19-17(13)12-4-2-3-5-14(12)22-19/h2-8,13,18,21-22H,9-10H2,1H3. The molecule has 2 aromatic carbocycles. The van der Waals surface area contributed by atoms with E-state index in [2.05, 4.69) is 10.3 Å². The number of carbonyl (C=O) groups is 1. The van der Waals surface area contributed by atoms with E-state index in [1.54, 1.807) is 0 Å². The zero-order valence-corrected chi connectivity index (χ0v) is 14.2. The fourth-order valence-electron chi connectivity index (χ4n) is 3.95. The third-order valence-corrected chi connectivity index (χ3v) is 5.16. The topological polar surface area (TPSA) is 72.6 Å². The molecule has 6 heteroatoms. The predicted octanol–water partition coefficient (Wildman–Crippen LogP) is 2.85. The van der Waals surface area contributed by atoms with E-state index >= 15 is 0 Å². The molecule has 3 aromatic rings. The number of carbonyl (C=O) groups excluding carboxylic acids is 1. The van der Waals surface area contributed by atoms with Crippen molar-refractivity contribution < 1.29 is 19.0 Å². The number of fused-ring (bicyclic) bond motifs is 4. The van der Waals surface area contributed by atoms with Crippen molar-refractivity contribution in [1.82, 2.24) is 10.3 Å². The Bertz CT molecular complexity index is 1010. The van der Waals surface area contributed by atoms with Gasteiger partial charge in [0.2, 0.25) is 6.79 Å². The Balaban J connectivity index is 1.67. The minimum Gasteiger partial charge on any atom is -0.469 e. The molecule has 5 rings (SSSR count). The van der Waals surface area contributed by atoms with Gasteiger partial charge in [-0.3, -0.25) is 4.79 Å². The summed E-state index contributed by atoms with van der Waals surface area (Å²) in [4.78, 5) is 15.9. The minimum absolute atomic E-state index is 0.0622. The van der Waals surface area contributed by atoms with E-state index in [0.717, 1.165) is 39.2 Å². The van der Waals surface area contributed by atoms with Crippen LogP contribution in [0.15, 0.2) is 42.5 Å². The Kier molecular flexibility index (Phi) is 3.39. The second-order valence-corrected chi connectivity index (χ2v) is 6.53. The van der Waals surface area contributed by atoms with Crippen molar-refractivity contribution in [2.75, 3.05) is 20.4 Å². The van der Waals surface area contributed by atoms with Crippen LogP contribution in [0, 0.1) is 0 Å². The lowest BCUT2D eigenvalue weighted by Gasteiger charge is -2.29. The SMILES string of the molecule is COC(=O)C1CNC(c2ccc3c(c2)OCO3)c2[nH]c3ccccc3c21. The molecule has 2 atom stereocenters. The number of aromatic nitrogens is 1. The van der Waals surface area contributed by atoms with Gasteiger partial charge in [-0.2, -0.15) is 0 Å². The second kappa shape index (κ2) is 5.78. The molecule has 2 unspecified atom stereocenters. The maximum absolute atomic E-state index is 12.4. The van der Waals surface area contributed by atoms with E-state index in [0.29, 0.717) is 6.54 Å². The number of aromatic amines is 1. The number of ether oxygens (including phenoxy) is 3. The zero-order chi connectivity index (χ0) is 17.7. The molecule has 0 saturated carbocycles. The summed E-state index contributed by atoms with van der Waals surface area (Å²) in [6.45, 7) is 0.763. The molecular formula is C20H18N2O4. The summed E-state index contributed by atoms with van der Waals surface area (Å²) in [5.41, 5.74) is 4.08. The Hall–Kier alpha value is -2.99. The number of para-hydroxylation sites is 1. The molecule has 2 aliphatic heterocycles. The average Bonchev–Trinajstić information content (AvgIpc) is 3.30. The van der Waals surface area contributed by atoms with Crippen molar-refractivity contribution >= 4 is 16.9 Å². The molecule has 0 amide bonds. The number of hydrogen-bond acceptors (Lipinski definition) is 5. The van der Waals surface area contributed by atoms with Crippen LogP contribution in [0.3, 0.4) is 0 Å². The first-order valence-electron chi connectivity index (χ1n) is 8.57. The lowest BCUT2D eigenvalue weighted by molar-refractivity contribution is -0.142. The van der Waals surface area contributed by atoms with Gasteiger partial charge >= 0.3 is 5.97 Å². The van der Waals surface area contributed by atoms with E-state index in [-0.39, 0.29) is 24.7 Å². The van der Waals surface area contributed by atoms with Gasteiger partial charge < -0.3 is 24.5 Å². The summed E-state index contributed by atoms with van der Waals surface area (Å²) in [6, 6.07) is 13.9. The maximum atomic E-state index is 12.4. The molecule has 0 saturated heterocycles. The second-order valence-electron chi connectivity index (χ2n) is 6.53. The summed E-state index contributed by atoms with van der Waals surface area (Å²) in [5, 5.41) is 4.54. The first-order valence-corrected chi connectivity index (χ1v) is 8.57. The zero-order valence-electron chi connectivity index (χ0n) is 14.2. The van der Waals surface area contributed by atoms with Crippen LogP contribution < -0.4 is 14.8 Å². The molecule has 0 radical (unpaired) electrons. The maximum Gasteiger partial charge on any atom is 0.314 e. The first-order chi connectivity index (χ1) is 12.8. The van der Waals surface area contributed by atoms with Gasteiger partial charge in [-0.1, -0.05) is 24.3 Å². The van der Waals surface area contributed by atoms with Crippen LogP contribution in [0.1, 0.15) is 28.8 Å². The summed E-state index contributed by atoms with van der Waals surface area (Å²) in [5.74, 6) is 0.940. The van der Waals surface area contributed by atoms with E-state index < -0.39 is 0 Å². The number of nitrogens with one attached hydrogen (secondary N) is 2. The van der Waals surface area contributed by atoms with Crippen LogP contribution in [0.25, 0.3) is 10.9 Å². The molecule has 0 fully saturated rings. The predicted molar refractivity (Wildman–Crippen MR) is 95.5 cm³/mol. The Morgan fingerprint density at radius 3 is 2.88 bits per heavy atom. The highest BCUT2D eigenvalue weighted by Crippen LogP contribution is 2.41. The van der Waals surface area contributed by atoms with Crippen molar-refractivity contribution in [3.63, 3.8) is 0 Å². The van der Waals surface area contributed by atoms with Crippen LogP contribution in [0.2, 0.25) is 0 Å². The molecule has 0 bridgehead atoms. The molecule has 2 aliphatic rings. The van der Waals surface area contributed by atoms with Gasteiger partial charge in [0.05, 0.1) is 19.1 Å². The molecule has 132 valence electrons. The van der Waals surface area contributed by atoms with Gasteiger partial charge in [-0.05, 0) is 29.3 Å². The quantitative estimate of drug-likeness (QED) is 0.696. The monoisotopic (exact) mass is 350 g/mol. The van der Waals surface area contributed by atoms with Gasteiger partial charge in [0.1, 0.15) is 0 Å². The summed E-state index contributed by atoms with van der Waals surface area (Å²) in [7, 11) is 1.43. The number of benzene rings is 2. The molecule has 6 nitrogen and oxygen atoms in total. The van der Waals surface area contributed by atoms with Crippen LogP contribution in [-0.4, -0.2) is 31.4 Å². The minimum atomic E-state index is -0.337. The van der Waals surface area contributed by atoms with Gasteiger partial charge in [0.25, 0.3) is 0 Å². The Labute approximate surface area is 150 Å². The van der Waals surface area contributed by atoms with Crippen molar-refractivity contribution in [3.05, 3.63) is 59.3 Å². The van der Waals surface area contributed by atoms with Crippen molar-refractivity contribution in [3.8, 4) is 11.5 Å². The van der Waals surface area contributed by atoms with Crippen LogP contribution in [0.4, 0.5) is 0 Å². The molecule has 26 heavy (non-hydrogen) atoms. The lowest BCUT2D eigenvalue weighted by atomic mass is 9.87. The van der Waals surface area contributed by atoms with E-state index in [9.17, 15) is 4.79 Å². The number of esters is 1. The highest BCUT2D eigenvalue weighted by Gasteiger charge is 2.36. The Morgan fingerprint density at radius 1 is 1.15 bits per heavy atom. The summed E-state index contributed by atoms with van der Waals surface area (Å²) < 4.78 is 16.0. The molecule has 3 heterocycles. The van der Waals surface area contributed by atoms with Crippen LogP contribution in [-0.2, 0) is 9.53 Å². The molecule has 1 aromatic heterocycles. The smallest absolute Gasteiger partial charge is 0.314 e. The summed E-state index contributed by atoms with van der Waals surface area (Å²) in [6.07, 6.45) is 0. The number of H-pyrrole nitrogens is 1. The molecule has 0 aliphatic carbocycles. The highest BCUT2D eigenvalue weighted by atomic mass is 16.7. The molecule has 0 spiro atoms. The third kappa shape index (κ3) is 2.19. The van der Waals surface area contributed by atoms with Crippen molar-refractivity contribution in [2.24, 2.45) is 0 Å². The van der Waals surface area contributed by atoms with Gasteiger partial charge in [0, 0.05) is 23.1 Å². The van der Waals surface area contributed by atoms with Crippen LogP contribution in [0.5, 0.6) is 11.5 Å². The highest BCUT2D eigenvalue weighted by molar-refractivity contribution is 5.92. The normalized spacial score (nSPS) is 20.8. The number of hydrogen-bond donors (Lipinski definition) is 2. The van der Waals surface area contributed by atoms with E-state index in [1.165, 1.54) is 7.11 Å². The fourth-order valence-corrected chi connectivity index (χ4v) is 3.95. The summed E-state index contributed by atoms with van der Waals surface area (Å²) >= 11 is 0. The van der Waals surface area contributed by atoms with Gasteiger partial charge in [0.15, 0.2) is 11.5 Å². The lowest BCUT2D eigenvalue weighted by Crippen LogP contribution is -2.37. The first kappa shape index (κ1) is 15.3. The average molecular weight is 350 g/mol. The number of methoxy groups -OCH3 is 1. The van der Waals surface area contributed by atoms with E-state index in [4.69, 9.17) is 14.2 Å². The van der Waals surface area contributed by atoms with Crippen molar-refractivity contribution in [1.29, 1.82) is 0 Å². The fraction of sp³-hybridized carbons (Fsp3) is 0.250. The largest absolute Gasteiger partial charge is 0.469 e. The van der Waals surface area contributed by atoms with Gasteiger partial charge in [-0.15, -0.1) is 0 Å². The van der Waals surface area contributed by atoms with Crippen molar-refractivity contribution in [2.45, 2.75) is 12.0 Å². The van der Waals surface area contributed by atoms with E-state index in [1.807, 2.05) is 42.5 Å². The number of rotatable bonds is 2. The Morgan fingerprint density at radius 2 is 2.00 bits per heavy atom.